The van der Waals surface area contributed by atoms with E-state index in [9.17, 15) is 15.0 Å². The molecule has 0 heterocycles. The van der Waals surface area contributed by atoms with Crippen molar-refractivity contribution in [3.05, 3.63) is 24.3 Å². The molecule has 0 saturated carbocycles. The minimum atomic E-state index is -0.860. The van der Waals surface area contributed by atoms with Gasteiger partial charge in [-0.15, -0.1) is 0 Å². The third-order valence-electron chi connectivity index (χ3n) is 14.2. The van der Waals surface area contributed by atoms with Crippen LogP contribution in [0.25, 0.3) is 0 Å². The van der Waals surface area contributed by atoms with Gasteiger partial charge in [-0.2, -0.15) is 0 Å². The first kappa shape index (κ1) is 63.9. The summed E-state index contributed by atoms with van der Waals surface area (Å²) in [5, 5.41) is 23.2. The van der Waals surface area contributed by atoms with Crippen molar-refractivity contribution in [3.8, 4) is 0 Å². The first-order valence-electron chi connectivity index (χ1n) is 30.1. The van der Waals surface area contributed by atoms with Crippen LogP contribution in [0.15, 0.2) is 24.3 Å². The molecular weight excluding hydrogens is 795 g/mol. The molecule has 2 unspecified atom stereocenters. The predicted molar refractivity (Wildman–Crippen MR) is 290 cm³/mol. The van der Waals surface area contributed by atoms with Crippen LogP contribution in [0.3, 0.4) is 0 Å². The smallest absolute Gasteiger partial charge is 0.220 e. The lowest BCUT2D eigenvalue weighted by molar-refractivity contribution is -0.123. The monoisotopic (exact) mass is 914 g/mol. The minimum absolute atomic E-state index is 0.0659. The Morgan fingerprint density at radius 1 is 0.354 bits per heavy atom. The number of amides is 1. The third-order valence-corrected chi connectivity index (χ3v) is 14.2. The van der Waals surface area contributed by atoms with Crippen molar-refractivity contribution in [2.45, 2.75) is 353 Å². The fraction of sp³-hybridized carbons (Fsp3) is 0.918. The molecule has 1 amide bonds. The maximum Gasteiger partial charge on any atom is 0.220 e. The molecule has 2 atom stereocenters. The third kappa shape index (κ3) is 53.7. The van der Waals surface area contributed by atoms with Crippen molar-refractivity contribution in [2.75, 3.05) is 6.61 Å². The summed E-state index contributed by atoms with van der Waals surface area (Å²) in [6.07, 6.45) is 76.5. The first-order valence-corrected chi connectivity index (χ1v) is 30.1. The van der Waals surface area contributed by atoms with E-state index in [1.54, 1.807) is 6.08 Å². The molecule has 0 aliphatic carbocycles. The van der Waals surface area contributed by atoms with E-state index in [0.29, 0.717) is 6.42 Å². The van der Waals surface area contributed by atoms with E-state index in [2.05, 4.69) is 31.3 Å². The van der Waals surface area contributed by atoms with Crippen LogP contribution < -0.4 is 5.32 Å². The number of rotatable bonds is 56. The highest BCUT2D eigenvalue weighted by atomic mass is 16.3. The average Bonchev–Trinajstić information content (AvgIpc) is 3.31. The van der Waals surface area contributed by atoms with Gasteiger partial charge in [0, 0.05) is 6.42 Å². The van der Waals surface area contributed by atoms with E-state index in [4.69, 9.17) is 0 Å². The second-order valence-electron chi connectivity index (χ2n) is 20.8. The van der Waals surface area contributed by atoms with Crippen LogP contribution in [-0.2, 0) is 4.79 Å². The number of allylic oxidation sites excluding steroid dienone is 3. The highest BCUT2D eigenvalue weighted by Crippen LogP contribution is 2.18. The number of carbonyl (C=O) groups is 1. The van der Waals surface area contributed by atoms with Crippen molar-refractivity contribution in [3.63, 3.8) is 0 Å². The Bertz CT molecular complexity index is 947. The molecule has 4 nitrogen and oxygen atoms in total. The molecule has 0 fully saturated rings. The Hall–Kier alpha value is -1.13. The highest BCUT2D eigenvalue weighted by molar-refractivity contribution is 5.76. The summed E-state index contributed by atoms with van der Waals surface area (Å²) in [7, 11) is 0. The average molecular weight is 915 g/mol. The zero-order valence-corrected chi connectivity index (χ0v) is 44.5. The lowest BCUT2D eigenvalue weighted by Crippen LogP contribution is -2.45. The molecule has 0 aliphatic heterocycles. The van der Waals surface area contributed by atoms with Gasteiger partial charge in [0.15, 0.2) is 0 Å². The lowest BCUT2D eigenvalue weighted by Gasteiger charge is -2.19. The summed E-state index contributed by atoms with van der Waals surface area (Å²) in [6, 6.07) is -0.636. The van der Waals surface area contributed by atoms with Gasteiger partial charge in [0.05, 0.1) is 18.8 Å². The maximum atomic E-state index is 12.5. The van der Waals surface area contributed by atoms with E-state index < -0.39 is 12.1 Å². The molecule has 3 N–H and O–H groups in total. The SMILES string of the molecule is CCCCCCCCCCCCCCCCC/C=C/CC/C=C/C(O)C(CO)NC(=O)CCCCCCCCCCCCCCCCCCCCCCCCCCCCCCCCCC. The normalized spacial score (nSPS) is 12.9. The van der Waals surface area contributed by atoms with Crippen molar-refractivity contribution in [1.82, 2.24) is 5.32 Å². The van der Waals surface area contributed by atoms with E-state index in [0.717, 1.165) is 32.1 Å². The number of carbonyl (C=O) groups excluding carboxylic acids is 1. The second-order valence-corrected chi connectivity index (χ2v) is 20.8. The quantitative estimate of drug-likeness (QED) is 0.0421. The molecule has 0 rings (SSSR count). The zero-order valence-electron chi connectivity index (χ0n) is 44.5. The van der Waals surface area contributed by atoms with Crippen LogP contribution in [0.2, 0.25) is 0 Å². The van der Waals surface area contributed by atoms with E-state index in [1.807, 2.05) is 6.08 Å². The number of hydrogen-bond acceptors (Lipinski definition) is 3. The van der Waals surface area contributed by atoms with Crippen LogP contribution in [0.1, 0.15) is 341 Å². The molecule has 0 aromatic carbocycles. The summed E-state index contributed by atoms with van der Waals surface area (Å²) in [5.41, 5.74) is 0. The molecule has 0 spiro atoms. The van der Waals surface area contributed by atoms with Gasteiger partial charge in [0.25, 0.3) is 0 Å². The molecule has 0 aromatic heterocycles. The van der Waals surface area contributed by atoms with Gasteiger partial charge >= 0.3 is 0 Å². The van der Waals surface area contributed by atoms with Gasteiger partial charge in [-0.1, -0.05) is 327 Å². The number of aliphatic hydroxyl groups is 2. The number of nitrogens with one attached hydrogen (secondary N) is 1. The summed E-state index contributed by atoms with van der Waals surface area (Å²) in [6.45, 7) is 4.34. The van der Waals surface area contributed by atoms with Gasteiger partial charge in [-0.05, 0) is 32.1 Å². The van der Waals surface area contributed by atoms with Gasteiger partial charge in [-0.3, -0.25) is 4.79 Å². The summed E-state index contributed by atoms with van der Waals surface area (Å²) < 4.78 is 0. The van der Waals surface area contributed by atoms with Crippen molar-refractivity contribution in [1.29, 1.82) is 0 Å². The topological polar surface area (TPSA) is 69.6 Å². The fourth-order valence-corrected chi connectivity index (χ4v) is 9.61. The zero-order chi connectivity index (χ0) is 47.0. The predicted octanol–water partition coefficient (Wildman–Crippen LogP) is 19.9. The Morgan fingerprint density at radius 2 is 0.600 bits per heavy atom. The lowest BCUT2D eigenvalue weighted by atomic mass is 10.0. The van der Waals surface area contributed by atoms with Crippen molar-refractivity contribution >= 4 is 5.91 Å². The molecule has 4 heteroatoms. The van der Waals surface area contributed by atoms with E-state index >= 15 is 0 Å². The fourth-order valence-electron chi connectivity index (χ4n) is 9.61. The largest absolute Gasteiger partial charge is 0.394 e. The molecule has 65 heavy (non-hydrogen) atoms. The highest BCUT2D eigenvalue weighted by Gasteiger charge is 2.18. The molecule has 386 valence electrons. The van der Waals surface area contributed by atoms with Gasteiger partial charge < -0.3 is 15.5 Å². The van der Waals surface area contributed by atoms with Crippen LogP contribution in [0.4, 0.5) is 0 Å². The summed E-state index contributed by atoms with van der Waals surface area (Å²) in [4.78, 5) is 12.5. The molecule has 0 saturated heterocycles. The standard InChI is InChI=1S/C61H119NO3/c1-3-5-7-9-11-13-15-17-19-21-23-25-26-27-28-29-30-31-32-33-34-35-37-39-41-43-45-47-49-51-53-55-57-61(65)62-59(58-63)60(64)56-54-52-50-48-46-44-42-40-38-36-24-22-20-18-16-14-12-10-8-6-4-2/h46,48,54,56,59-60,63-64H,3-45,47,49-53,55,57-58H2,1-2H3,(H,62,65)/b48-46+,56-54+. The van der Waals surface area contributed by atoms with Crippen LogP contribution in [-0.4, -0.2) is 34.9 Å². The van der Waals surface area contributed by atoms with Crippen molar-refractivity contribution < 1.29 is 15.0 Å². The number of aliphatic hydroxyl groups excluding tert-OH is 2. The number of hydrogen-bond donors (Lipinski definition) is 3. The molecule has 0 bridgehead atoms. The maximum absolute atomic E-state index is 12.5. The van der Waals surface area contributed by atoms with E-state index in [1.165, 1.54) is 289 Å². The molecule has 0 aliphatic rings. The van der Waals surface area contributed by atoms with Crippen molar-refractivity contribution in [2.24, 2.45) is 0 Å². The first-order chi connectivity index (χ1) is 32.2. The molecular formula is C61H119NO3. The minimum Gasteiger partial charge on any atom is -0.394 e. The Morgan fingerprint density at radius 3 is 0.892 bits per heavy atom. The van der Waals surface area contributed by atoms with E-state index in [-0.39, 0.29) is 12.5 Å². The van der Waals surface area contributed by atoms with Crippen LogP contribution in [0.5, 0.6) is 0 Å². The van der Waals surface area contributed by atoms with Crippen LogP contribution in [0, 0.1) is 0 Å². The number of unbranched alkanes of at least 4 members (excludes halogenated alkanes) is 47. The summed E-state index contributed by atoms with van der Waals surface area (Å²) >= 11 is 0. The van der Waals surface area contributed by atoms with Gasteiger partial charge in [0.1, 0.15) is 0 Å². The Balaban J connectivity index is 3.44. The second kappa shape index (κ2) is 57.2. The molecule has 0 aromatic rings. The molecule has 0 radical (unpaired) electrons. The Kier molecular flexibility index (Phi) is 56.2. The Labute approximate surface area is 409 Å². The van der Waals surface area contributed by atoms with Gasteiger partial charge in [-0.25, -0.2) is 0 Å². The van der Waals surface area contributed by atoms with Crippen LogP contribution >= 0.6 is 0 Å². The summed E-state index contributed by atoms with van der Waals surface area (Å²) in [5.74, 6) is -0.0659. The van der Waals surface area contributed by atoms with Gasteiger partial charge in [0.2, 0.25) is 5.91 Å².